The summed E-state index contributed by atoms with van der Waals surface area (Å²) in [6.45, 7) is 1.75. The molecule has 0 aliphatic heterocycles. The van der Waals surface area contributed by atoms with E-state index in [-0.39, 0.29) is 22.9 Å². The van der Waals surface area contributed by atoms with Crippen molar-refractivity contribution in [3.63, 3.8) is 0 Å². The predicted octanol–water partition coefficient (Wildman–Crippen LogP) is 3.17. The van der Waals surface area contributed by atoms with E-state index >= 15 is 0 Å². The van der Waals surface area contributed by atoms with Crippen LogP contribution in [-0.4, -0.2) is 26.3 Å². The minimum Gasteiger partial charge on any atom is -0.467 e. The van der Waals surface area contributed by atoms with Crippen molar-refractivity contribution >= 4 is 39.1 Å². The first-order valence-electron chi connectivity index (χ1n) is 9.24. The Balaban J connectivity index is 1.58. The number of anilines is 1. The molecule has 0 spiro atoms. The van der Waals surface area contributed by atoms with Crippen molar-refractivity contribution < 1.29 is 22.4 Å². The van der Waals surface area contributed by atoms with Crippen molar-refractivity contribution in [2.45, 2.75) is 24.4 Å². The Kier molecular flexibility index (Phi) is 6.98. The largest absolute Gasteiger partial charge is 0.467 e. The zero-order valence-corrected chi connectivity index (χ0v) is 18.0. The maximum atomic E-state index is 12.5. The van der Waals surface area contributed by atoms with Crippen LogP contribution in [0.5, 0.6) is 0 Å². The van der Waals surface area contributed by atoms with E-state index in [2.05, 4.69) is 15.4 Å². The van der Waals surface area contributed by atoms with E-state index in [1.54, 1.807) is 43.3 Å². The fourth-order valence-corrected chi connectivity index (χ4v) is 3.79. The second-order valence-electron chi connectivity index (χ2n) is 6.63. The van der Waals surface area contributed by atoms with Crippen molar-refractivity contribution in [2.75, 3.05) is 4.72 Å². The molecule has 1 unspecified atom stereocenters. The number of hydrogen-bond donors (Lipinski definition) is 3. The van der Waals surface area contributed by atoms with Gasteiger partial charge < -0.3 is 15.1 Å². The minimum atomic E-state index is -3.83. The van der Waals surface area contributed by atoms with Gasteiger partial charge in [0.25, 0.3) is 15.9 Å². The second kappa shape index (κ2) is 9.67. The summed E-state index contributed by atoms with van der Waals surface area (Å²) in [5.74, 6) is -0.290. The average Bonchev–Trinajstić information content (AvgIpc) is 3.27. The van der Waals surface area contributed by atoms with Crippen molar-refractivity contribution in [3.8, 4) is 0 Å². The quantitative estimate of drug-likeness (QED) is 0.476. The number of amides is 2. The summed E-state index contributed by atoms with van der Waals surface area (Å²) in [5, 5.41) is 5.71. The van der Waals surface area contributed by atoms with E-state index in [1.165, 1.54) is 30.5 Å². The van der Waals surface area contributed by atoms with Gasteiger partial charge in [0.1, 0.15) is 11.8 Å². The fraction of sp³-hybridized carbons (Fsp3) is 0.143. The SMILES string of the molecule is CC(NC(=O)c1ccc(S(=O)(=O)Nc2ccc(Cl)cc2)cc1)C(=O)NCc1ccco1. The molecule has 8 nitrogen and oxygen atoms in total. The van der Waals surface area contributed by atoms with Crippen molar-refractivity contribution in [3.05, 3.63) is 83.3 Å². The summed E-state index contributed by atoms with van der Waals surface area (Å²) in [5.41, 5.74) is 0.580. The summed E-state index contributed by atoms with van der Waals surface area (Å²) in [6.07, 6.45) is 1.50. The maximum Gasteiger partial charge on any atom is 0.261 e. The highest BCUT2D eigenvalue weighted by molar-refractivity contribution is 7.92. The van der Waals surface area contributed by atoms with Gasteiger partial charge in [0.15, 0.2) is 0 Å². The molecule has 0 saturated carbocycles. The van der Waals surface area contributed by atoms with Gasteiger partial charge in [0.2, 0.25) is 5.91 Å². The summed E-state index contributed by atoms with van der Waals surface area (Å²) < 4.78 is 32.6. The summed E-state index contributed by atoms with van der Waals surface area (Å²) >= 11 is 5.80. The zero-order chi connectivity index (χ0) is 22.4. The molecule has 10 heteroatoms. The average molecular weight is 462 g/mol. The van der Waals surface area contributed by atoms with Gasteiger partial charge in [-0.25, -0.2) is 8.42 Å². The molecule has 0 bridgehead atoms. The van der Waals surface area contributed by atoms with Gasteiger partial charge in [-0.05, 0) is 67.6 Å². The molecule has 3 rings (SSSR count). The first kappa shape index (κ1) is 22.4. The summed E-state index contributed by atoms with van der Waals surface area (Å²) in [7, 11) is -3.83. The first-order valence-corrected chi connectivity index (χ1v) is 11.1. The molecule has 162 valence electrons. The summed E-state index contributed by atoms with van der Waals surface area (Å²) in [6, 6.07) is 14.2. The third kappa shape index (κ3) is 6.09. The van der Waals surface area contributed by atoms with Crippen molar-refractivity contribution in [1.82, 2.24) is 10.6 Å². The lowest BCUT2D eigenvalue weighted by molar-refractivity contribution is -0.122. The highest BCUT2D eigenvalue weighted by Crippen LogP contribution is 2.19. The Morgan fingerprint density at radius 2 is 1.71 bits per heavy atom. The topological polar surface area (TPSA) is 118 Å². The number of benzene rings is 2. The second-order valence-corrected chi connectivity index (χ2v) is 8.75. The Bertz CT molecular complexity index is 1140. The molecule has 0 radical (unpaired) electrons. The number of nitrogens with one attached hydrogen (secondary N) is 3. The van der Waals surface area contributed by atoms with Crippen LogP contribution in [-0.2, 0) is 21.4 Å². The predicted molar refractivity (Wildman–Crippen MR) is 116 cm³/mol. The van der Waals surface area contributed by atoms with Gasteiger partial charge in [-0.2, -0.15) is 0 Å². The van der Waals surface area contributed by atoms with Crippen LogP contribution >= 0.6 is 11.6 Å². The normalized spacial score (nSPS) is 12.1. The summed E-state index contributed by atoms with van der Waals surface area (Å²) in [4.78, 5) is 24.5. The molecule has 1 heterocycles. The van der Waals surface area contributed by atoms with Gasteiger partial charge >= 0.3 is 0 Å². The van der Waals surface area contributed by atoms with Gasteiger partial charge in [-0.1, -0.05) is 11.6 Å². The fourth-order valence-electron chi connectivity index (χ4n) is 2.60. The van der Waals surface area contributed by atoms with Gasteiger partial charge in [0, 0.05) is 16.3 Å². The van der Waals surface area contributed by atoms with Crippen LogP contribution in [0.3, 0.4) is 0 Å². The lowest BCUT2D eigenvalue weighted by atomic mass is 10.2. The van der Waals surface area contributed by atoms with Crippen LogP contribution in [0.15, 0.2) is 76.2 Å². The molecule has 0 saturated heterocycles. The molecule has 0 aliphatic rings. The molecular weight excluding hydrogens is 442 g/mol. The zero-order valence-electron chi connectivity index (χ0n) is 16.5. The molecule has 1 aromatic heterocycles. The minimum absolute atomic E-state index is 0.0109. The van der Waals surface area contributed by atoms with Gasteiger partial charge in [-0.3, -0.25) is 14.3 Å². The number of sulfonamides is 1. The van der Waals surface area contributed by atoms with E-state index in [9.17, 15) is 18.0 Å². The van der Waals surface area contributed by atoms with Crippen LogP contribution in [0.1, 0.15) is 23.0 Å². The molecule has 0 fully saturated rings. The van der Waals surface area contributed by atoms with Crippen molar-refractivity contribution in [2.24, 2.45) is 0 Å². The molecule has 3 aromatic rings. The van der Waals surface area contributed by atoms with Gasteiger partial charge in [0.05, 0.1) is 17.7 Å². The smallest absolute Gasteiger partial charge is 0.261 e. The Labute approximate surface area is 184 Å². The van der Waals surface area contributed by atoms with Crippen LogP contribution in [0, 0.1) is 0 Å². The maximum absolute atomic E-state index is 12.5. The van der Waals surface area contributed by atoms with E-state index in [4.69, 9.17) is 16.0 Å². The molecule has 0 aliphatic carbocycles. The first-order chi connectivity index (χ1) is 14.7. The standard InChI is InChI=1S/C21H20ClN3O5S/c1-14(20(26)23-13-18-3-2-12-30-18)24-21(27)15-4-10-19(11-5-15)31(28,29)25-17-8-6-16(22)7-9-17/h2-12,14,25H,13H2,1H3,(H,23,26)(H,24,27). The molecular formula is C21H20ClN3O5S. The Morgan fingerprint density at radius 1 is 1.03 bits per heavy atom. The highest BCUT2D eigenvalue weighted by atomic mass is 35.5. The Hall–Kier alpha value is -3.30. The lowest BCUT2D eigenvalue weighted by Crippen LogP contribution is -2.44. The number of furan rings is 1. The van der Waals surface area contributed by atoms with Crippen LogP contribution < -0.4 is 15.4 Å². The molecule has 3 N–H and O–H groups in total. The highest BCUT2D eigenvalue weighted by Gasteiger charge is 2.18. The van der Waals surface area contributed by atoms with Crippen LogP contribution in [0.2, 0.25) is 5.02 Å². The Morgan fingerprint density at radius 3 is 2.32 bits per heavy atom. The molecule has 31 heavy (non-hydrogen) atoms. The monoisotopic (exact) mass is 461 g/mol. The third-order valence-corrected chi connectivity index (χ3v) is 5.93. The van der Waals surface area contributed by atoms with E-state index in [0.29, 0.717) is 16.5 Å². The molecule has 2 amide bonds. The number of hydrogen-bond acceptors (Lipinski definition) is 5. The lowest BCUT2D eigenvalue weighted by Gasteiger charge is -2.14. The van der Waals surface area contributed by atoms with Crippen LogP contribution in [0.4, 0.5) is 5.69 Å². The number of carbonyl (C=O) groups is 2. The molecule has 1 atom stereocenters. The van der Waals surface area contributed by atoms with Gasteiger partial charge in [-0.15, -0.1) is 0 Å². The van der Waals surface area contributed by atoms with Crippen molar-refractivity contribution in [1.29, 1.82) is 0 Å². The number of carbonyl (C=O) groups excluding carboxylic acids is 2. The third-order valence-electron chi connectivity index (χ3n) is 4.28. The number of halogens is 1. The van der Waals surface area contributed by atoms with E-state index in [1.807, 2.05) is 0 Å². The number of rotatable bonds is 8. The van der Waals surface area contributed by atoms with E-state index < -0.39 is 22.0 Å². The van der Waals surface area contributed by atoms with Crippen LogP contribution in [0.25, 0.3) is 0 Å². The van der Waals surface area contributed by atoms with E-state index in [0.717, 1.165) is 0 Å². The molecule has 2 aromatic carbocycles.